The monoisotopic (exact) mass is 451 g/mol. The number of carbonyl (C=O) groups excluding carboxylic acids is 1. The van der Waals surface area contributed by atoms with Crippen molar-refractivity contribution in [2.45, 2.75) is 13.1 Å². The number of piperazine rings is 1. The quantitative estimate of drug-likeness (QED) is 0.443. The third-order valence-corrected chi connectivity index (χ3v) is 6.31. The van der Waals surface area contributed by atoms with Crippen molar-refractivity contribution in [1.29, 1.82) is 0 Å². The van der Waals surface area contributed by atoms with Gasteiger partial charge < -0.3 is 9.80 Å². The molecule has 31 heavy (non-hydrogen) atoms. The number of carbonyl (C=O) groups is 1. The molecule has 3 aromatic heterocycles. The summed E-state index contributed by atoms with van der Waals surface area (Å²) in [5.41, 5.74) is -0.463. The van der Waals surface area contributed by atoms with Crippen molar-refractivity contribution in [1.82, 2.24) is 14.9 Å². The second-order valence-electron chi connectivity index (χ2n) is 7.01. The predicted octanol–water partition coefficient (Wildman–Crippen LogP) is 3.89. The number of aromatic nitrogens is 2. The highest BCUT2D eigenvalue weighted by atomic mass is 32.1. The Hall–Kier alpha value is -3.28. The summed E-state index contributed by atoms with van der Waals surface area (Å²) >= 11 is 0.965. The van der Waals surface area contributed by atoms with E-state index in [0.717, 1.165) is 17.4 Å². The normalized spacial score (nSPS) is 14.8. The topological polar surface area (TPSA) is 92.5 Å². The number of aryl methyl sites for hydroxylation is 1. The number of hydrogen-bond acceptors (Lipinski definition) is 7. The van der Waals surface area contributed by atoms with E-state index in [1.54, 1.807) is 17.9 Å². The van der Waals surface area contributed by atoms with Crippen LogP contribution in [0.2, 0.25) is 0 Å². The maximum absolute atomic E-state index is 13.0. The summed E-state index contributed by atoms with van der Waals surface area (Å²) in [6, 6.07) is 5.22. The smallest absolute Gasteiger partial charge is 0.353 e. The standard InChI is InChI=1S/C19H16F3N5O3S/c1-11-13-3-4-14(19(20,21)22)24-17(13)31-16(11)18(28)26-8-6-25(7-9-26)15-5-2-12(10-23-15)27(29)30/h2-5,10H,6-9H2,1H3. The zero-order chi connectivity index (χ0) is 22.3. The molecule has 12 heteroatoms. The number of halogens is 3. The van der Waals surface area contributed by atoms with E-state index in [9.17, 15) is 28.1 Å². The molecule has 0 aromatic carbocycles. The van der Waals surface area contributed by atoms with Gasteiger partial charge in [-0.3, -0.25) is 14.9 Å². The summed E-state index contributed by atoms with van der Waals surface area (Å²) in [7, 11) is 0. The molecule has 0 unspecified atom stereocenters. The summed E-state index contributed by atoms with van der Waals surface area (Å²) in [6.07, 6.45) is -3.35. The first-order chi connectivity index (χ1) is 14.6. The maximum Gasteiger partial charge on any atom is 0.433 e. The zero-order valence-electron chi connectivity index (χ0n) is 16.2. The van der Waals surface area contributed by atoms with Crippen molar-refractivity contribution < 1.29 is 22.9 Å². The lowest BCUT2D eigenvalue weighted by Crippen LogP contribution is -2.49. The summed E-state index contributed by atoms with van der Waals surface area (Å²) < 4.78 is 38.8. The number of rotatable bonds is 3. The van der Waals surface area contributed by atoms with Crippen LogP contribution in [-0.2, 0) is 6.18 Å². The Morgan fingerprint density at radius 3 is 2.45 bits per heavy atom. The van der Waals surface area contributed by atoms with Gasteiger partial charge in [0.2, 0.25) is 0 Å². The van der Waals surface area contributed by atoms with E-state index in [-0.39, 0.29) is 16.4 Å². The Labute approximate surface area is 178 Å². The Bertz CT molecular complexity index is 1160. The molecule has 3 aromatic rings. The molecule has 0 N–H and O–H groups in total. The lowest BCUT2D eigenvalue weighted by molar-refractivity contribution is -0.385. The van der Waals surface area contributed by atoms with E-state index in [0.29, 0.717) is 47.8 Å². The second kappa shape index (κ2) is 7.76. The Balaban J connectivity index is 1.49. The van der Waals surface area contributed by atoms with Crippen LogP contribution in [0.15, 0.2) is 30.5 Å². The molecule has 0 aliphatic carbocycles. The van der Waals surface area contributed by atoms with Gasteiger partial charge in [0.25, 0.3) is 11.6 Å². The Morgan fingerprint density at radius 1 is 1.16 bits per heavy atom. The van der Waals surface area contributed by atoms with E-state index in [2.05, 4.69) is 9.97 Å². The van der Waals surface area contributed by atoms with Crippen LogP contribution in [0.5, 0.6) is 0 Å². The van der Waals surface area contributed by atoms with Gasteiger partial charge in [0, 0.05) is 37.6 Å². The van der Waals surface area contributed by atoms with Crippen LogP contribution in [0.3, 0.4) is 0 Å². The highest BCUT2D eigenvalue weighted by molar-refractivity contribution is 7.20. The van der Waals surface area contributed by atoms with Crippen LogP contribution < -0.4 is 4.90 Å². The number of thiophene rings is 1. The lowest BCUT2D eigenvalue weighted by Gasteiger charge is -2.35. The summed E-state index contributed by atoms with van der Waals surface area (Å²) in [5.74, 6) is 0.338. The predicted molar refractivity (Wildman–Crippen MR) is 108 cm³/mol. The molecule has 0 radical (unpaired) electrons. The lowest BCUT2D eigenvalue weighted by atomic mass is 10.1. The van der Waals surface area contributed by atoms with Crippen LogP contribution >= 0.6 is 11.3 Å². The van der Waals surface area contributed by atoms with Crippen molar-refractivity contribution >= 4 is 39.0 Å². The molecular weight excluding hydrogens is 435 g/mol. The van der Waals surface area contributed by atoms with Gasteiger partial charge in [0.15, 0.2) is 0 Å². The number of pyridine rings is 2. The van der Waals surface area contributed by atoms with Gasteiger partial charge in [0.1, 0.15) is 22.5 Å². The Kier molecular flexibility index (Phi) is 5.25. The number of fused-ring (bicyclic) bond motifs is 1. The number of nitro groups is 1. The molecule has 4 rings (SSSR count). The van der Waals surface area contributed by atoms with Crippen molar-refractivity contribution in [3.63, 3.8) is 0 Å². The molecule has 1 amide bonds. The first-order valence-corrected chi connectivity index (χ1v) is 10.1. The summed E-state index contributed by atoms with van der Waals surface area (Å²) in [5, 5.41) is 11.3. The number of alkyl halides is 3. The van der Waals surface area contributed by atoms with Crippen LogP contribution in [0.25, 0.3) is 10.2 Å². The van der Waals surface area contributed by atoms with Crippen LogP contribution in [0.1, 0.15) is 20.9 Å². The first-order valence-electron chi connectivity index (χ1n) is 9.27. The molecule has 1 aliphatic rings. The van der Waals surface area contributed by atoms with E-state index >= 15 is 0 Å². The van der Waals surface area contributed by atoms with Gasteiger partial charge in [-0.05, 0) is 30.7 Å². The molecule has 0 spiro atoms. The third kappa shape index (κ3) is 4.02. The number of hydrogen-bond donors (Lipinski definition) is 0. The SMILES string of the molecule is Cc1c(C(=O)N2CCN(c3ccc([N+](=O)[O-])cn3)CC2)sc2nc(C(F)(F)F)ccc12. The van der Waals surface area contributed by atoms with Crippen molar-refractivity contribution in [3.05, 3.63) is 56.7 Å². The second-order valence-corrected chi connectivity index (χ2v) is 8.01. The largest absolute Gasteiger partial charge is 0.433 e. The molecular formula is C19H16F3N5O3S. The van der Waals surface area contributed by atoms with Gasteiger partial charge in [-0.1, -0.05) is 0 Å². The maximum atomic E-state index is 13.0. The highest BCUT2D eigenvalue weighted by Crippen LogP contribution is 2.35. The minimum atomic E-state index is -4.54. The number of anilines is 1. The van der Waals surface area contributed by atoms with Crippen LogP contribution in [0, 0.1) is 17.0 Å². The van der Waals surface area contributed by atoms with E-state index in [4.69, 9.17) is 0 Å². The van der Waals surface area contributed by atoms with Gasteiger partial charge in [0.05, 0.1) is 9.80 Å². The average Bonchev–Trinajstić information content (AvgIpc) is 3.09. The molecule has 8 nitrogen and oxygen atoms in total. The zero-order valence-corrected chi connectivity index (χ0v) is 17.0. The third-order valence-electron chi connectivity index (χ3n) is 5.12. The van der Waals surface area contributed by atoms with E-state index < -0.39 is 16.8 Å². The average molecular weight is 451 g/mol. The number of amides is 1. The molecule has 0 saturated carbocycles. The summed E-state index contributed by atoms with van der Waals surface area (Å²) in [4.78, 5) is 35.2. The van der Waals surface area contributed by atoms with Crippen LogP contribution in [0.4, 0.5) is 24.7 Å². The van der Waals surface area contributed by atoms with E-state index in [1.807, 2.05) is 4.90 Å². The van der Waals surface area contributed by atoms with Crippen molar-refractivity contribution in [2.75, 3.05) is 31.1 Å². The molecule has 1 fully saturated rings. The fourth-order valence-corrected chi connectivity index (χ4v) is 4.56. The van der Waals surface area contributed by atoms with Crippen molar-refractivity contribution in [2.24, 2.45) is 0 Å². The van der Waals surface area contributed by atoms with Gasteiger partial charge in [-0.25, -0.2) is 9.97 Å². The summed E-state index contributed by atoms with van der Waals surface area (Å²) in [6.45, 7) is 3.46. The molecule has 0 atom stereocenters. The van der Waals surface area contributed by atoms with E-state index in [1.165, 1.54) is 18.3 Å². The molecule has 1 aliphatic heterocycles. The Morgan fingerprint density at radius 2 is 1.87 bits per heavy atom. The van der Waals surface area contributed by atoms with Crippen LogP contribution in [-0.4, -0.2) is 51.9 Å². The molecule has 0 bridgehead atoms. The minimum Gasteiger partial charge on any atom is -0.353 e. The first kappa shape index (κ1) is 21.0. The highest BCUT2D eigenvalue weighted by Gasteiger charge is 2.33. The minimum absolute atomic E-state index is 0.0971. The van der Waals surface area contributed by atoms with Gasteiger partial charge >= 0.3 is 6.18 Å². The fourth-order valence-electron chi connectivity index (χ4n) is 3.42. The van der Waals surface area contributed by atoms with Crippen molar-refractivity contribution in [3.8, 4) is 0 Å². The number of nitrogens with zero attached hydrogens (tertiary/aromatic N) is 5. The molecule has 4 heterocycles. The fraction of sp³-hybridized carbons (Fsp3) is 0.316. The molecule has 162 valence electrons. The van der Waals surface area contributed by atoms with Gasteiger partial charge in [-0.2, -0.15) is 13.2 Å². The molecule has 1 saturated heterocycles. The van der Waals surface area contributed by atoms with Gasteiger partial charge in [-0.15, -0.1) is 11.3 Å².